The Kier molecular flexibility index (Phi) is 3.49. The standard InChI is InChI=1S/C15H15N5O3/c1-8-13(9(2)23-19-8)20-12(14(16)18-22)7-17-15(20)10-3-5-11(21)6-4-10/h3-7,21-22H,1-2H3,(H2,16,18). The lowest BCUT2D eigenvalue weighted by Crippen LogP contribution is -2.18. The topological polar surface area (TPSA) is 123 Å². The van der Waals surface area contributed by atoms with Crippen LogP contribution in [0, 0.1) is 13.8 Å². The van der Waals surface area contributed by atoms with Crippen LogP contribution in [-0.2, 0) is 0 Å². The third kappa shape index (κ3) is 2.39. The molecule has 0 saturated carbocycles. The Morgan fingerprint density at radius 1 is 1.26 bits per heavy atom. The zero-order valence-corrected chi connectivity index (χ0v) is 12.6. The van der Waals surface area contributed by atoms with Crippen molar-refractivity contribution in [3.63, 3.8) is 0 Å². The lowest BCUT2D eigenvalue weighted by Gasteiger charge is -2.11. The van der Waals surface area contributed by atoms with E-state index in [0.29, 0.717) is 28.7 Å². The maximum atomic E-state index is 9.45. The second-order valence-corrected chi connectivity index (χ2v) is 5.01. The molecular formula is C15H15N5O3. The number of oxime groups is 1. The number of aromatic nitrogens is 3. The Morgan fingerprint density at radius 3 is 2.52 bits per heavy atom. The lowest BCUT2D eigenvalue weighted by atomic mass is 10.2. The minimum absolute atomic E-state index is 0.0810. The quantitative estimate of drug-likeness (QED) is 0.294. The van der Waals surface area contributed by atoms with E-state index in [9.17, 15) is 5.11 Å². The molecule has 118 valence electrons. The number of imidazole rings is 1. The second-order valence-electron chi connectivity index (χ2n) is 5.01. The van der Waals surface area contributed by atoms with Crippen LogP contribution in [0.2, 0.25) is 0 Å². The van der Waals surface area contributed by atoms with E-state index in [0.717, 1.165) is 5.56 Å². The highest BCUT2D eigenvalue weighted by Gasteiger charge is 2.22. The Balaban J connectivity index is 2.30. The van der Waals surface area contributed by atoms with Gasteiger partial charge in [-0.05, 0) is 38.1 Å². The second kappa shape index (κ2) is 5.48. The van der Waals surface area contributed by atoms with Crippen LogP contribution >= 0.6 is 0 Å². The van der Waals surface area contributed by atoms with Crippen molar-refractivity contribution >= 4 is 5.84 Å². The molecule has 8 nitrogen and oxygen atoms in total. The first-order valence-electron chi connectivity index (χ1n) is 6.81. The monoisotopic (exact) mass is 313 g/mol. The number of hydrogen-bond acceptors (Lipinski definition) is 6. The molecule has 2 heterocycles. The van der Waals surface area contributed by atoms with Gasteiger partial charge in [0.15, 0.2) is 11.6 Å². The average molecular weight is 313 g/mol. The summed E-state index contributed by atoms with van der Waals surface area (Å²) in [5, 5.41) is 25.5. The minimum atomic E-state index is -0.0810. The van der Waals surface area contributed by atoms with Crippen LogP contribution in [0.3, 0.4) is 0 Å². The van der Waals surface area contributed by atoms with Gasteiger partial charge in [0.1, 0.15) is 28.6 Å². The van der Waals surface area contributed by atoms with Crippen LogP contribution in [0.25, 0.3) is 17.1 Å². The Labute approximate surface area is 131 Å². The first-order chi connectivity index (χ1) is 11.0. The van der Waals surface area contributed by atoms with Gasteiger partial charge in [0.2, 0.25) is 0 Å². The van der Waals surface area contributed by atoms with Crippen LogP contribution in [0.1, 0.15) is 17.1 Å². The van der Waals surface area contributed by atoms with Crippen molar-refractivity contribution in [3.05, 3.63) is 47.6 Å². The maximum Gasteiger partial charge on any atom is 0.188 e. The van der Waals surface area contributed by atoms with Crippen LogP contribution < -0.4 is 5.73 Å². The van der Waals surface area contributed by atoms with Crippen molar-refractivity contribution in [1.29, 1.82) is 0 Å². The summed E-state index contributed by atoms with van der Waals surface area (Å²) < 4.78 is 6.93. The average Bonchev–Trinajstić information content (AvgIpc) is 3.11. The van der Waals surface area contributed by atoms with Gasteiger partial charge in [-0.3, -0.25) is 4.57 Å². The van der Waals surface area contributed by atoms with Gasteiger partial charge in [-0.2, -0.15) is 0 Å². The summed E-state index contributed by atoms with van der Waals surface area (Å²) in [6.45, 7) is 3.56. The Bertz CT molecular complexity index is 858. The number of hydrogen-bond donors (Lipinski definition) is 3. The van der Waals surface area contributed by atoms with E-state index in [1.54, 1.807) is 42.7 Å². The molecule has 0 radical (unpaired) electrons. The number of nitrogens with zero attached hydrogens (tertiary/aromatic N) is 4. The summed E-state index contributed by atoms with van der Waals surface area (Å²) in [5.41, 5.74) is 8.24. The van der Waals surface area contributed by atoms with Gasteiger partial charge >= 0.3 is 0 Å². The molecule has 0 atom stereocenters. The van der Waals surface area contributed by atoms with Crippen molar-refractivity contribution in [1.82, 2.24) is 14.7 Å². The normalized spacial score (nSPS) is 11.8. The molecule has 0 amide bonds. The summed E-state index contributed by atoms with van der Waals surface area (Å²) in [6.07, 6.45) is 1.50. The van der Waals surface area contributed by atoms with E-state index >= 15 is 0 Å². The zero-order valence-electron chi connectivity index (χ0n) is 12.6. The van der Waals surface area contributed by atoms with E-state index in [4.69, 9.17) is 15.5 Å². The summed E-state index contributed by atoms with van der Waals surface area (Å²) >= 11 is 0. The molecule has 0 saturated heterocycles. The molecule has 2 aromatic heterocycles. The highest BCUT2D eigenvalue weighted by Crippen LogP contribution is 2.29. The zero-order chi connectivity index (χ0) is 16.6. The molecule has 8 heteroatoms. The molecule has 0 spiro atoms. The van der Waals surface area contributed by atoms with Gasteiger partial charge in [-0.15, -0.1) is 0 Å². The largest absolute Gasteiger partial charge is 0.508 e. The highest BCUT2D eigenvalue weighted by molar-refractivity contribution is 5.96. The van der Waals surface area contributed by atoms with Crippen molar-refractivity contribution in [3.8, 4) is 22.8 Å². The van der Waals surface area contributed by atoms with Crippen LogP contribution in [-0.4, -0.2) is 30.9 Å². The smallest absolute Gasteiger partial charge is 0.188 e. The van der Waals surface area contributed by atoms with Crippen molar-refractivity contribution in [2.24, 2.45) is 10.9 Å². The van der Waals surface area contributed by atoms with Crippen LogP contribution in [0.4, 0.5) is 0 Å². The van der Waals surface area contributed by atoms with Crippen molar-refractivity contribution < 1.29 is 14.8 Å². The number of phenolic OH excluding ortho intramolecular Hbond substituents is 1. The molecule has 4 N–H and O–H groups in total. The van der Waals surface area contributed by atoms with Crippen molar-refractivity contribution in [2.75, 3.05) is 0 Å². The van der Waals surface area contributed by atoms with Gasteiger partial charge in [-0.1, -0.05) is 10.3 Å². The molecule has 1 aromatic carbocycles. The SMILES string of the molecule is Cc1noc(C)c1-n1c(/C(N)=N/O)cnc1-c1ccc(O)cc1. The molecule has 0 aliphatic heterocycles. The number of aryl methyl sites for hydroxylation is 2. The van der Waals surface area contributed by atoms with Gasteiger partial charge in [0, 0.05) is 5.56 Å². The summed E-state index contributed by atoms with van der Waals surface area (Å²) in [5.74, 6) is 1.21. The van der Waals surface area contributed by atoms with Crippen LogP contribution in [0.5, 0.6) is 5.75 Å². The highest BCUT2D eigenvalue weighted by atomic mass is 16.5. The summed E-state index contributed by atoms with van der Waals surface area (Å²) in [6, 6.07) is 6.57. The molecular weight excluding hydrogens is 298 g/mol. The number of nitrogens with two attached hydrogens (primary N) is 1. The predicted octanol–water partition coefficient (Wildman–Crippen LogP) is 1.94. The number of benzene rings is 1. The van der Waals surface area contributed by atoms with Crippen molar-refractivity contribution in [2.45, 2.75) is 13.8 Å². The molecule has 0 aliphatic rings. The molecule has 23 heavy (non-hydrogen) atoms. The molecule has 3 aromatic rings. The van der Waals surface area contributed by atoms with Gasteiger partial charge < -0.3 is 20.6 Å². The third-order valence-corrected chi connectivity index (χ3v) is 3.48. The molecule has 0 bridgehead atoms. The minimum Gasteiger partial charge on any atom is -0.508 e. The van der Waals surface area contributed by atoms with E-state index in [1.807, 2.05) is 0 Å². The summed E-state index contributed by atoms with van der Waals surface area (Å²) in [7, 11) is 0. The van der Waals surface area contributed by atoms with E-state index in [2.05, 4.69) is 15.3 Å². The fourth-order valence-electron chi connectivity index (χ4n) is 2.42. The first-order valence-corrected chi connectivity index (χ1v) is 6.81. The third-order valence-electron chi connectivity index (χ3n) is 3.48. The predicted molar refractivity (Wildman–Crippen MR) is 82.7 cm³/mol. The number of rotatable bonds is 3. The van der Waals surface area contributed by atoms with Gasteiger partial charge in [-0.25, -0.2) is 4.98 Å². The number of aromatic hydroxyl groups is 1. The fraction of sp³-hybridized carbons (Fsp3) is 0.133. The van der Waals surface area contributed by atoms with Crippen LogP contribution in [0.15, 0.2) is 40.1 Å². The Hall–Kier alpha value is -3.29. The number of amidine groups is 1. The van der Waals surface area contributed by atoms with E-state index in [-0.39, 0.29) is 11.6 Å². The van der Waals surface area contributed by atoms with E-state index in [1.165, 1.54) is 6.20 Å². The van der Waals surface area contributed by atoms with Gasteiger partial charge in [0.05, 0.1) is 6.20 Å². The molecule has 3 rings (SSSR count). The number of phenols is 1. The molecule has 0 unspecified atom stereocenters. The fourth-order valence-corrected chi connectivity index (χ4v) is 2.42. The summed E-state index contributed by atoms with van der Waals surface area (Å²) in [4.78, 5) is 4.36. The maximum absolute atomic E-state index is 9.45. The Morgan fingerprint density at radius 2 is 1.96 bits per heavy atom. The lowest BCUT2D eigenvalue weighted by molar-refractivity contribution is 0.318. The molecule has 0 fully saturated rings. The molecule has 0 aliphatic carbocycles. The van der Waals surface area contributed by atoms with E-state index < -0.39 is 0 Å². The van der Waals surface area contributed by atoms with Gasteiger partial charge in [0.25, 0.3) is 0 Å². The first kappa shape index (κ1) is 14.6.